The summed E-state index contributed by atoms with van der Waals surface area (Å²) in [6.45, 7) is 3.03. The van der Waals surface area contributed by atoms with Crippen LogP contribution in [0.25, 0.3) is 0 Å². The molecule has 1 aromatic carbocycles. The highest BCUT2D eigenvalue weighted by molar-refractivity contribution is 5.99. The summed E-state index contributed by atoms with van der Waals surface area (Å²) in [5.74, 6) is 0.352. The van der Waals surface area contributed by atoms with Crippen molar-refractivity contribution in [2.75, 3.05) is 16.8 Å². The van der Waals surface area contributed by atoms with E-state index in [2.05, 4.69) is 24.4 Å². The van der Waals surface area contributed by atoms with Gasteiger partial charge in [0.2, 0.25) is 11.8 Å². The molecule has 3 rings (SSSR count). The van der Waals surface area contributed by atoms with Crippen LogP contribution in [0.4, 0.5) is 11.4 Å². The lowest BCUT2D eigenvalue weighted by Crippen LogP contribution is -2.39. The van der Waals surface area contributed by atoms with Crippen molar-refractivity contribution in [3.05, 3.63) is 23.3 Å². The van der Waals surface area contributed by atoms with Gasteiger partial charge in [0, 0.05) is 25.1 Å². The predicted molar refractivity (Wildman–Crippen MR) is 97.4 cm³/mol. The smallest absolute Gasteiger partial charge is 0.227 e. The normalized spacial score (nSPS) is 16.0. The van der Waals surface area contributed by atoms with E-state index in [-0.39, 0.29) is 11.8 Å². The Bertz CT molecular complexity index is 607. The first-order valence-electron chi connectivity index (χ1n) is 9.45. The van der Waals surface area contributed by atoms with Crippen molar-refractivity contribution in [3.63, 3.8) is 0 Å². The first kappa shape index (κ1) is 17.0. The maximum Gasteiger partial charge on any atom is 0.227 e. The Labute approximate surface area is 144 Å². The number of hydrogen-bond donors (Lipinski definition) is 1. The number of carbonyl (C=O) groups excluding carboxylic acids is 2. The minimum atomic E-state index is 0.109. The van der Waals surface area contributed by atoms with Gasteiger partial charge in [-0.25, -0.2) is 0 Å². The molecule has 0 atom stereocenters. The minimum Gasteiger partial charge on any atom is -0.326 e. The van der Waals surface area contributed by atoms with Crippen LogP contribution in [0.5, 0.6) is 0 Å². The van der Waals surface area contributed by atoms with E-state index in [9.17, 15) is 9.59 Å². The number of amides is 2. The average molecular weight is 328 g/mol. The van der Waals surface area contributed by atoms with E-state index in [0.717, 1.165) is 50.0 Å². The molecule has 0 saturated heterocycles. The van der Waals surface area contributed by atoms with Crippen LogP contribution < -0.4 is 10.2 Å². The molecule has 2 amide bonds. The predicted octanol–water partition coefficient (Wildman–Crippen LogP) is 4.21. The van der Waals surface area contributed by atoms with Crippen molar-refractivity contribution in [1.82, 2.24) is 0 Å². The number of aryl methyl sites for hydroxylation is 2. The number of unbranched alkanes of at least 4 members (excludes halogenated alkanes) is 4. The van der Waals surface area contributed by atoms with E-state index in [1.807, 2.05) is 4.90 Å². The Hall–Kier alpha value is -1.84. The van der Waals surface area contributed by atoms with Gasteiger partial charge in [-0.2, -0.15) is 0 Å². The highest BCUT2D eigenvalue weighted by atomic mass is 16.2. The van der Waals surface area contributed by atoms with Crippen molar-refractivity contribution in [2.24, 2.45) is 0 Å². The lowest BCUT2D eigenvalue weighted by molar-refractivity contribution is -0.119. The third-order valence-electron chi connectivity index (χ3n) is 5.07. The van der Waals surface area contributed by atoms with Crippen LogP contribution in [0.1, 0.15) is 69.4 Å². The van der Waals surface area contributed by atoms with Crippen LogP contribution in [-0.4, -0.2) is 18.4 Å². The number of anilines is 2. The van der Waals surface area contributed by atoms with E-state index < -0.39 is 0 Å². The molecular formula is C20H28N2O2. The molecule has 2 aliphatic rings. The Morgan fingerprint density at radius 1 is 1.08 bits per heavy atom. The Morgan fingerprint density at radius 2 is 1.83 bits per heavy atom. The first-order chi connectivity index (χ1) is 11.7. The van der Waals surface area contributed by atoms with Crippen LogP contribution in [0.15, 0.2) is 12.1 Å². The largest absolute Gasteiger partial charge is 0.326 e. The summed E-state index contributed by atoms with van der Waals surface area (Å²) in [7, 11) is 0. The fraction of sp³-hybridized carbons (Fsp3) is 0.600. The van der Waals surface area contributed by atoms with E-state index in [1.165, 1.54) is 30.4 Å². The molecule has 0 saturated carbocycles. The second-order valence-electron chi connectivity index (χ2n) is 7.00. The molecule has 4 heteroatoms. The first-order valence-corrected chi connectivity index (χ1v) is 9.45. The quantitative estimate of drug-likeness (QED) is 0.762. The van der Waals surface area contributed by atoms with E-state index in [1.54, 1.807) is 0 Å². The molecule has 1 N–H and O–H groups in total. The van der Waals surface area contributed by atoms with Crippen LogP contribution in [-0.2, 0) is 22.4 Å². The topological polar surface area (TPSA) is 49.4 Å². The average Bonchev–Trinajstić information content (AvgIpc) is 2.58. The van der Waals surface area contributed by atoms with Gasteiger partial charge in [-0.1, -0.05) is 32.6 Å². The summed E-state index contributed by atoms with van der Waals surface area (Å²) in [6, 6.07) is 4.14. The molecule has 0 fully saturated rings. The van der Waals surface area contributed by atoms with Crippen molar-refractivity contribution in [2.45, 2.75) is 71.1 Å². The molecule has 2 aliphatic heterocycles. The summed E-state index contributed by atoms with van der Waals surface area (Å²) >= 11 is 0. The van der Waals surface area contributed by atoms with Gasteiger partial charge >= 0.3 is 0 Å². The summed E-state index contributed by atoms with van der Waals surface area (Å²) in [5.41, 5.74) is 4.45. The fourth-order valence-corrected chi connectivity index (χ4v) is 3.84. The monoisotopic (exact) mass is 328 g/mol. The van der Waals surface area contributed by atoms with Crippen molar-refractivity contribution in [1.29, 1.82) is 0 Å². The molecular weight excluding hydrogens is 300 g/mol. The van der Waals surface area contributed by atoms with Gasteiger partial charge in [0.05, 0.1) is 5.69 Å². The second-order valence-corrected chi connectivity index (χ2v) is 7.00. The van der Waals surface area contributed by atoms with E-state index in [4.69, 9.17) is 0 Å². The zero-order chi connectivity index (χ0) is 16.9. The van der Waals surface area contributed by atoms with E-state index >= 15 is 0 Å². The van der Waals surface area contributed by atoms with Gasteiger partial charge < -0.3 is 10.2 Å². The van der Waals surface area contributed by atoms with Crippen molar-refractivity contribution in [3.8, 4) is 0 Å². The standard InChI is InChI=1S/C20H28N2O2/c1-2-3-4-5-6-9-18(23)21-17-13-15-8-7-12-22-19(24)11-10-16(14-17)20(15)22/h13-14H,2-12H2,1H3,(H,21,23). The molecule has 0 aliphatic carbocycles. The lowest BCUT2D eigenvalue weighted by atomic mass is 9.91. The van der Waals surface area contributed by atoms with Gasteiger partial charge in [-0.3, -0.25) is 9.59 Å². The molecule has 0 unspecified atom stereocenters. The molecule has 2 heterocycles. The molecule has 4 nitrogen and oxygen atoms in total. The SMILES string of the molecule is CCCCCCCC(=O)Nc1cc2c3c(c1)CCC(=O)N3CCC2. The summed E-state index contributed by atoms with van der Waals surface area (Å²) in [4.78, 5) is 26.2. The number of benzene rings is 1. The van der Waals surface area contributed by atoms with Crippen LogP contribution in [0.2, 0.25) is 0 Å². The molecule has 1 aromatic rings. The second kappa shape index (κ2) is 7.82. The summed E-state index contributed by atoms with van der Waals surface area (Å²) < 4.78 is 0. The molecule has 0 spiro atoms. The maximum absolute atomic E-state index is 12.2. The van der Waals surface area contributed by atoms with Gasteiger partial charge in [0.15, 0.2) is 0 Å². The van der Waals surface area contributed by atoms with Crippen LogP contribution >= 0.6 is 0 Å². The van der Waals surface area contributed by atoms with Crippen molar-refractivity contribution < 1.29 is 9.59 Å². The number of carbonyl (C=O) groups is 2. The third-order valence-corrected chi connectivity index (χ3v) is 5.07. The molecule has 0 radical (unpaired) electrons. The molecule has 24 heavy (non-hydrogen) atoms. The Balaban J connectivity index is 1.63. The lowest BCUT2D eigenvalue weighted by Gasteiger charge is -2.35. The van der Waals surface area contributed by atoms with Gasteiger partial charge in [-0.05, 0) is 48.9 Å². The number of nitrogens with one attached hydrogen (secondary N) is 1. The van der Waals surface area contributed by atoms with Gasteiger partial charge in [-0.15, -0.1) is 0 Å². The summed E-state index contributed by atoms with van der Waals surface area (Å²) in [6.07, 6.45) is 9.77. The zero-order valence-corrected chi connectivity index (χ0v) is 14.7. The fourth-order valence-electron chi connectivity index (χ4n) is 3.84. The maximum atomic E-state index is 12.2. The third kappa shape index (κ3) is 3.80. The highest BCUT2D eigenvalue weighted by Crippen LogP contribution is 2.37. The highest BCUT2D eigenvalue weighted by Gasteiger charge is 2.29. The van der Waals surface area contributed by atoms with E-state index in [0.29, 0.717) is 12.8 Å². The number of hydrogen-bond acceptors (Lipinski definition) is 2. The summed E-state index contributed by atoms with van der Waals surface area (Å²) in [5, 5.41) is 3.07. The molecule has 130 valence electrons. The molecule has 0 aromatic heterocycles. The Kier molecular flexibility index (Phi) is 5.54. The van der Waals surface area contributed by atoms with Crippen LogP contribution in [0, 0.1) is 0 Å². The zero-order valence-electron chi connectivity index (χ0n) is 14.7. The molecule has 0 bridgehead atoms. The Morgan fingerprint density at radius 3 is 2.62 bits per heavy atom. The van der Waals surface area contributed by atoms with Gasteiger partial charge in [0.1, 0.15) is 0 Å². The number of nitrogens with zero attached hydrogens (tertiary/aromatic N) is 1. The van der Waals surface area contributed by atoms with Crippen molar-refractivity contribution >= 4 is 23.2 Å². The van der Waals surface area contributed by atoms with Crippen LogP contribution in [0.3, 0.4) is 0 Å². The minimum absolute atomic E-state index is 0.109. The number of rotatable bonds is 7. The van der Waals surface area contributed by atoms with Gasteiger partial charge in [0.25, 0.3) is 0 Å².